The number of aryl methyl sites for hydroxylation is 1. The molecule has 0 bridgehead atoms. The first-order valence-corrected chi connectivity index (χ1v) is 6.28. The second-order valence-corrected chi connectivity index (χ2v) is 4.85. The summed E-state index contributed by atoms with van der Waals surface area (Å²) in [5.74, 6) is 0.322. The molecule has 2 rings (SSSR count). The smallest absolute Gasteiger partial charge is 0.302 e. The van der Waals surface area contributed by atoms with Gasteiger partial charge in [0.05, 0.1) is 11.0 Å². The van der Waals surface area contributed by atoms with Crippen LogP contribution in [0.4, 0.5) is 0 Å². The number of hydrogen-bond donors (Lipinski definition) is 0. The summed E-state index contributed by atoms with van der Waals surface area (Å²) in [7, 11) is 0. The van der Waals surface area contributed by atoms with Crippen molar-refractivity contribution >= 4 is 11.0 Å². The van der Waals surface area contributed by atoms with Gasteiger partial charge in [-0.15, -0.1) is 0 Å². The van der Waals surface area contributed by atoms with Crippen molar-refractivity contribution < 1.29 is 0 Å². The van der Waals surface area contributed by atoms with E-state index in [1.807, 2.05) is 45.0 Å². The van der Waals surface area contributed by atoms with Crippen LogP contribution in [0, 0.1) is 5.92 Å². The Bertz CT molecular complexity index is 680. The molecule has 4 nitrogen and oxygen atoms in total. The van der Waals surface area contributed by atoms with Gasteiger partial charge in [-0.25, -0.2) is 0 Å². The van der Waals surface area contributed by atoms with Crippen LogP contribution in [0.2, 0.25) is 0 Å². The summed E-state index contributed by atoms with van der Waals surface area (Å²) in [4.78, 5) is 24.2. The van der Waals surface area contributed by atoms with Gasteiger partial charge in [-0.1, -0.05) is 26.0 Å². The van der Waals surface area contributed by atoms with E-state index in [1.54, 1.807) is 4.57 Å². The summed E-state index contributed by atoms with van der Waals surface area (Å²) in [6.45, 7) is 7.02. The Balaban J connectivity index is 2.90. The zero-order valence-electron chi connectivity index (χ0n) is 11.0. The summed E-state index contributed by atoms with van der Waals surface area (Å²) >= 11 is 0. The minimum Gasteiger partial charge on any atom is -0.302 e. The largest absolute Gasteiger partial charge is 0.316 e. The van der Waals surface area contributed by atoms with E-state index >= 15 is 0 Å². The van der Waals surface area contributed by atoms with Crippen LogP contribution in [0.25, 0.3) is 11.0 Å². The molecule has 0 radical (unpaired) electrons. The molecule has 0 N–H and O–H groups in total. The van der Waals surface area contributed by atoms with Crippen molar-refractivity contribution in [1.29, 1.82) is 0 Å². The first-order valence-electron chi connectivity index (χ1n) is 6.28. The monoisotopic (exact) mass is 246 g/mol. The van der Waals surface area contributed by atoms with Gasteiger partial charge in [0.2, 0.25) is 0 Å². The maximum absolute atomic E-state index is 12.1. The van der Waals surface area contributed by atoms with Crippen LogP contribution < -0.4 is 11.1 Å². The zero-order chi connectivity index (χ0) is 13.3. The van der Waals surface area contributed by atoms with E-state index in [-0.39, 0.29) is 0 Å². The Kier molecular flexibility index (Phi) is 3.36. The van der Waals surface area contributed by atoms with Crippen LogP contribution in [0.5, 0.6) is 0 Å². The summed E-state index contributed by atoms with van der Waals surface area (Å²) in [5.41, 5.74) is 0.795. The molecule has 0 aliphatic heterocycles. The first kappa shape index (κ1) is 12.6. The highest BCUT2D eigenvalue weighted by Gasteiger charge is 2.12. The Morgan fingerprint density at radius 3 is 2.00 bits per heavy atom. The third kappa shape index (κ3) is 1.98. The van der Waals surface area contributed by atoms with Crippen LogP contribution in [-0.2, 0) is 13.1 Å². The number of para-hydroxylation sites is 2. The van der Waals surface area contributed by atoms with E-state index in [0.29, 0.717) is 19.0 Å². The van der Waals surface area contributed by atoms with E-state index in [1.165, 1.54) is 4.57 Å². The molecule has 1 aromatic carbocycles. The quantitative estimate of drug-likeness (QED) is 0.776. The molecule has 1 heterocycles. The van der Waals surface area contributed by atoms with Gasteiger partial charge < -0.3 is 9.13 Å². The number of benzene rings is 1. The van der Waals surface area contributed by atoms with Crippen LogP contribution >= 0.6 is 0 Å². The summed E-state index contributed by atoms with van der Waals surface area (Å²) in [6, 6.07) is 7.56. The normalized spacial score (nSPS) is 11.3. The fourth-order valence-electron chi connectivity index (χ4n) is 2.23. The molecule has 0 unspecified atom stereocenters. The summed E-state index contributed by atoms with van der Waals surface area (Å²) in [5, 5.41) is 0. The molecule has 0 saturated carbocycles. The fraction of sp³-hybridized carbons (Fsp3) is 0.429. The van der Waals surface area contributed by atoms with Gasteiger partial charge in [0.15, 0.2) is 0 Å². The van der Waals surface area contributed by atoms with Crippen molar-refractivity contribution in [3.05, 3.63) is 45.0 Å². The first-order chi connectivity index (χ1) is 8.56. The highest BCUT2D eigenvalue weighted by molar-refractivity contribution is 5.75. The van der Waals surface area contributed by atoms with Crippen molar-refractivity contribution in [2.45, 2.75) is 33.9 Å². The topological polar surface area (TPSA) is 44.0 Å². The van der Waals surface area contributed by atoms with Crippen LogP contribution in [-0.4, -0.2) is 9.13 Å². The molecule has 0 saturated heterocycles. The predicted molar refractivity (Wildman–Crippen MR) is 73.0 cm³/mol. The van der Waals surface area contributed by atoms with E-state index in [9.17, 15) is 9.59 Å². The predicted octanol–water partition coefficient (Wildman–Crippen LogP) is 1.84. The van der Waals surface area contributed by atoms with E-state index in [0.717, 1.165) is 11.0 Å². The molecular formula is C14H18N2O2. The summed E-state index contributed by atoms with van der Waals surface area (Å²) in [6.07, 6.45) is 0. The number of fused-ring (bicyclic) bond motifs is 1. The van der Waals surface area contributed by atoms with Crippen molar-refractivity contribution in [2.24, 2.45) is 5.92 Å². The SMILES string of the molecule is CCn1c(=O)c(=O)n(CC(C)C)c2ccccc21. The number of rotatable bonds is 3. The Hall–Kier alpha value is -1.84. The maximum atomic E-state index is 12.1. The van der Waals surface area contributed by atoms with E-state index in [4.69, 9.17) is 0 Å². The minimum absolute atomic E-state index is 0.322. The van der Waals surface area contributed by atoms with Crippen LogP contribution in [0.3, 0.4) is 0 Å². The average molecular weight is 246 g/mol. The van der Waals surface area contributed by atoms with E-state index < -0.39 is 11.1 Å². The van der Waals surface area contributed by atoms with Gasteiger partial charge in [-0.2, -0.15) is 0 Å². The van der Waals surface area contributed by atoms with Crippen molar-refractivity contribution in [1.82, 2.24) is 9.13 Å². The van der Waals surface area contributed by atoms with Crippen molar-refractivity contribution in [3.8, 4) is 0 Å². The molecule has 0 aliphatic carbocycles. The number of hydrogen-bond acceptors (Lipinski definition) is 2. The lowest BCUT2D eigenvalue weighted by molar-refractivity contribution is 0.515. The number of nitrogens with zero attached hydrogens (tertiary/aromatic N) is 2. The lowest BCUT2D eigenvalue weighted by Crippen LogP contribution is -2.41. The molecule has 18 heavy (non-hydrogen) atoms. The Labute approximate surface area is 105 Å². The lowest BCUT2D eigenvalue weighted by atomic mass is 10.2. The highest BCUT2D eigenvalue weighted by atomic mass is 16.2. The highest BCUT2D eigenvalue weighted by Crippen LogP contribution is 2.11. The molecule has 0 aliphatic rings. The summed E-state index contributed by atoms with van der Waals surface area (Å²) < 4.78 is 3.13. The second-order valence-electron chi connectivity index (χ2n) is 4.85. The fourth-order valence-corrected chi connectivity index (χ4v) is 2.23. The van der Waals surface area contributed by atoms with Crippen molar-refractivity contribution in [2.75, 3.05) is 0 Å². The average Bonchev–Trinajstić information content (AvgIpc) is 2.35. The Morgan fingerprint density at radius 1 is 1.00 bits per heavy atom. The van der Waals surface area contributed by atoms with Gasteiger partial charge in [0.25, 0.3) is 0 Å². The molecule has 0 atom stereocenters. The van der Waals surface area contributed by atoms with Crippen molar-refractivity contribution in [3.63, 3.8) is 0 Å². The van der Waals surface area contributed by atoms with Gasteiger partial charge in [0, 0.05) is 13.1 Å². The molecule has 0 spiro atoms. The molecular weight excluding hydrogens is 228 g/mol. The van der Waals surface area contributed by atoms with E-state index in [2.05, 4.69) is 0 Å². The maximum Gasteiger partial charge on any atom is 0.316 e. The van der Waals surface area contributed by atoms with Gasteiger partial charge >= 0.3 is 11.1 Å². The van der Waals surface area contributed by atoms with Crippen LogP contribution in [0.1, 0.15) is 20.8 Å². The zero-order valence-corrected chi connectivity index (χ0v) is 11.0. The molecule has 0 fully saturated rings. The van der Waals surface area contributed by atoms with Crippen LogP contribution in [0.15, 0.2) is 33.9 Å². The van der Waals surface area contributed by atoms with Gasteiger partial charge in [0.1, 0.15) is 0 Å². The molecule has 4 heteroatoms. The second kappa shape index (κ2) is 4.80. The molecule has 0 amide bonds. The third-order valence-electron chi connectivity index (χ3n) is 3.00. The van der Waals surface area contributed by atoms with Gasteiger partial charge in [-0.05, 0) is 25.0 Å². The van der Waals surface area contributed by atoms with Gasteiger partial charge in [-0.3, -0.25) is 9.59 Å². The molecule has 1 aromatic heterocycles. The third-order valence-corrected chi connectivity index (χ3v) is 3.00. The molecule has 96 valence electrons. The lowest BCUT2D eigenvalue weighted by Gasteiger charge is -2.15. The minimum atomic E-state index is -0.433. The number of aromatic nitrogens is 2. The standard InChI is InChI=1S/C14H18N2O2/c1-4-15-11-7-5-6-8-12(11)16(9-10(2)3)14(18)13(15)17/h5-8,10H,4,9H2,1-3H3. The molecule has 2 aromatic rings. The Morgan fingerprint density at radius 2 is 1.50 bits per heavy atom.